The molecule has 4 rings (SSSR count). The maximum atomic E-state index is 12.5. The van der Waals surface area contributed by atoms with E-state index in [2.05, 4.69) is 28.5 Å². The number of nitrogens with zero attached hydrogens (tertiary/aromatic N) is 2. The number of hydrogen-bond donors (Lipinski definition) is 1. The molecule has 0 fully saturated rings. The second-order valence-electron chi connectivity index (χ2n) is 6.17. The molecule has 0 saturated heterocycles. The number of hydrogen-bond acceptors (Lipinski definition) is 3. The molecule has 0 aliphatic heterocycles. The molecule has 1 aromatic carbocycles. The van der Waals surface area contributed by atoms with Crippen molar-refractivity contribution in [2.24, 2.45) is 0 Å². The smallest absolute Gasteiger partial charge is 0.261 e. The maximum Gasteiger partial charge on any atom is 0.261 e. The molecule has 24 heavy (non-hydrogen) atoms. The summed E-state index contributed by atoms with van der Waals surface area (Å²) in [6, 6.07) is 10.2. The maximum absolute atomic E-state index is 12.5. The fourth-order valence-corrected chi connectivity index (χ4v) is 4.30. The number of rotatable bonds is 4. The van der Waals surface area contributed by atoms with Gasteiger partial charge in [0.2, 0.25) is 0 Å². The van der Waals surface area contributed by atoms with Gasteiger partial charge in [0.1, 0.15) is 0 Å². The first-order valence-electron chi connectivity index (χ1n) is 8.21. The average molecular weight is 337 g/mol. The van der Waals surface area contributed by atoms with Crippen LogP contribution in [-0.4, -0.2) is 15.5 Å². The Balaban J connectivity index is 1.45. The molecule has 0 radical (unpaired) electrons. The standard InChI is InChI=1S/C19H19N3OS/c1-13(14-5-7-16(8-6-14)22-10-9-20-12-22)21-19(23)18-11-15-3-2-4-17(15)24-18/h5-13H,2-4H2,1H3,(H,21,23). The van der Waals surface area contributed by atoms with Crippen LogP contribution >= 0.6 is 11.3 Å². The second kappa shape index (κ2) is 6.24. The highest BCUT2D eigenvalue weighted by atomic mass is 32.1. The van der Waals surface area contributed by atoms with Gasteiger partial charge in [-0.05, 0) is 55.5 Å². The highest BCUT2D eigenvalue weighted by Crippen LogP contribution is 2.30. The van der Waals surface area contributed by atoms with Crippen LogP contribution in [0.5, 0.6) is 0 Å². The minimum atomic E-state index is -0.0220. The van der Waals surface area contributed by atoms with E-state index < -0.39 is 0 Å². The van der Waals surface area contributed by atoms with Crippen LogP contribution in [0.4, 0.5) is 0 Å². The van der Waals surface area contributed by atoms with Crippen LogP contribution in [0, 0.1) is 0 Å². The van der Waals surface area contributed by atoms with Gasteiger partial charge in [0, 0.05) is 23.0 Å². The molecular weight excluding hydrogens is 318 g/mol. The molecule has 3 aromatic rings. The number of nitrogens with one attached hydrogen (secondary N) is 1. The van der Waals surface area contributed by atoms with Crippen molar-refractivity contribution in [3.8, 4) is 5.69 Å². The quantitative estimate of drug-likeness (QED) is 0.784. The number of fused-ring (bicyclic) bond motifs is 1. The van der Waals surface area contributed by atoms with Crippen LogP contribution in [0.2, 0.25) is 0 Å². The van der Waals surface area contributed by atoms with Crippen molar-refractivity contribution in [2.45, 2.75) is 32.2 Å². The van der Waals surface area contributed by atoms with Crippen molar-refractivity contribution < 1.29 is 4.79 Å². The van der Waals surface area contributed by atoms with E-state index in [1.807, 2.05) is 29.8 Å². The number of imidazole rings is 1. The Morgan fingerprint density at radius 2 is 2.12 bits per heavy atom. The zero-order valence-electron chi connectivity index (χ0n) is 13.5. The molecule has 0 bridgehead atoms. The van der Waals surface area contributed by atoms with Crippen molar-refractivity contribution in [2.75, 3.05) is 0 Å². The molecule has 1 N–H and O–H groups in total. The minimum Gasteiger partial charge on any atom is -0.345 e. The number of carbonyl (C=O) groups excluding carboxylic acids is 1. The predicted octanol–water partition coefficient (Wildman–Crippen LogP) is 3.91. The van der Waals surface area contributed by atoms with Gasteiger partial charge in [0.05, 0.1) is 17.2 Å². The molecule has 2 heterocycles. The number of aryl methyl sites for hydroxylation is 2. The Hall–Kier alpha value is -2.40. The lowest BCUT2D eigenvalue weighted by Crippen LogP contribution is -2.25. The first-order chi connectivity index (χ1) is 11.7. The van der Waals surface area contributed by atoms with Crippen molar-refractivity contribution in [1.82, 2.24) is 14.9 Å². The number of aromatic nitrogens is 2. The van der Waals surface area contributed by atoms with Gasteiger partial charge in [-0.1, -0.05) is 12.1 Å². The van der Waals surface area contributed by atoms with Crippen molar-refractivity contribution in [3.63, 3.8) is 0 Å². The topological polar surface area (TPSA) is 46.9 Å². The molecule has 1 aliphatic rings. The summed E-state index contributed by atoms with van der Waals surface area (Å²) < 4.78 is 1.96. The molecule has 1 amide bonds. The third kappa shape index (κ3) is 2.87. The Kier molecular flexibility index (Phi) is 3.94. The molecule has 0 spiro atoms. The summed E-state index contributed by atoms with van der Waals surface area (Å²) in [6.07, 6.45) is 8.91. The van der Waals surface area contributed by atoms with E-state index in [0.29, 0.717) is 0 Å². The van der Waals surface area contributed by atoms with Gasteiger partial charge in [-0.25, -0.2) is 4.98 Å². The Morgan fingerprint density at radius 1 is 1.29 bits per heavy atom. The third-order valence-corrected chi connectivity index (χ3v) is 5.75. The molecule has 2 aromatic heterocycles. The van der Waals surface area contributed by atoms with Gasteiger partial charge in [0.25, 0.3) is 5.91 Å². The van der Waals surface area contributed by atoms with E-state index >= 15 is 0 Å². The van der Waals surface area contributed by atoms with Crippen molar-refractivity contribution >= 4 is 17.2 Å². The lowest BCUT2D eigenvalue weighted by molar-refractivity contribution is 0.0944. The van der Waals surface area contributed by atoms with Gasteiger partial charge in [-0.2, -0.15) is 0 Å². The monoisotopic (exact) mass is 337 g/mol. The van der Waals surface area contributed by atoms with Crippen molar-refractivity contribution in [1.29, 1.82) is 0 Å². The molecule has 5 heteroatoms. The summed E-state index contributed by atoms with van der Waals surface area (Å²) in [5, 5.41) is 3.11. The first-order valence-corrected chi connectivity index (χ1v) is 9.03. The molecular formula is C19H19N3OS. The third-order valence-electron chi connectivity index (χ3n) is 4.51. The summed E-state index contributed by atoms with van der Waals surface area (Å²) in [5.41, 5.74) is 3.52. The van der Waals surface area contributed by atoms with E-state index in [0.717, 1.165) is 29.0 Å². The van der Waals surface area contributed by atoms with Gasteiger partial charge in [0.15, 0.2) is 0 Å². The van der Waals surface area contributed by atoms with Crippen LogP contribution in [0.3, 0.4) is 0 Å². The largest absolute Gasteiger partial charge is 0.345 e. The normalized spacial score (nSPS) is 14.4. The van der Waals surface area contributed by atoms with Crippen LogP contribution in [0.1, 0.15) is 45.1 Å². The van der Waals surface area contributed by atoms with Crippen LogP contribution in [-0.2, 0) is 12.8 Å². The van der Waals surface area contributed by atoms with Crippen molar-refractivity contribution in [3.05, 3.63) is 69.9 Å². The second-order valence-corrected chi connectivity index (χ2v) is 7.31. The lowest BCUT2D eigenvalue weighted by atomic mass is 10.1. The Labute approximate surface area is 145 Å². The number of thiophene rings is 1. The summed E-state index contributed by atoms with van der Waals surface area (Å²) in [7, 11) is 0. The summed E-state index contributed by atoms with van der Waals surface area (Å²) in [6.45, 7) is 2.02. The fraction of sp³-hybridized carbons (Fsp3) is 0.263. The first kappa shape index (κ1) is 15.1. The summed E-state index contributed by atoms with van der Waals surface area (Å²) in [4.78, 5) is 18.8. The highest BCUT2D eigenvalue weighted by Gasteiger charge is 2.19. The highest BCUT2D eigenvalue weighted by molar-refractivity contribution is 7.14. The van der Waals surface area contributed by atoms with E-state index in [-0.39, 0.29) is 11.9 Å². The molecule has 1 atom stereocenters. The van der Waals surface area contributed by atoms with Gasteiger partial charge >= 0.3 is 0 Å². The average Bonchev–Trinajstić information content (AvgIpc) is 3.31. The number of benzene rings is 1. The minimum absolute atomic E-state index is 0.0220. The zero-order valence-corrected chi connectivity index (χ0v) is 14.3. The van der Waals surface area contributed by atoms with E-state index in [9.17, 15) is 4.79 Å². The van der Waals surface area contributed by atoms with Crippen LogP contribution in [0.15, 0.2) is 49.1 Å². The predicted molar refractivity (Wildman–Crippen MR) is 95.8 cm³/mol. The molecule has 4 nitrogen and oxygen atoms in total. The zero-order chi connectivity index (χ0) is 16.5. The lowest BCUT2D eigenvalue weighted by Gasteiger charge is -2.14. The van der Waals surface area contributed by atoms with Gasteiger partial charge < -0.3 is 9.88 Å². The number of amides is 1. The van der Waals surface area contributed by atoms with Crippen LogP contribution in [0.25, 0.3) is 5.69 Å². The molecule has 1 unspecified atom stereocenters. The van der Waals surface area contributed by atoms with Crippen LogP contribution < -0.4 is 5.32 Å². The van der Waals surface area contributed by atoms with Gasteiger partial charge in [-0.3, -0.25) is 4.79 Å². The summed E-state index contributed by atoms with van der Waals surface area (Å²) in [5.74, 6) is 0.0283. The molecule has 122 valence electrons. The van der Waals surface area contributed by atoms with E-state index in [4.69, 9.17) is 0 Å². The van der Waals surface area contributed by atoms with Gasteiger partial charge in [-0.15, -0.1) is 11.3 Å². The fourth-order valence-electron chi connectivity index (χ4n) is 3.14. The molecule has 0 saturated carbocycles. The summed E-state index contributed by atoms with van der Waals surface area (Å²) >= 11 is 1.65. The number of carbonyl (C=O) groups is 1. The molecule has 1 aliphatic carbocycles. The Morgan fingerprint density at radius 3 is 2.83 bits per heavy atom. The van der Waals surface area contributed by atoms with E-state index in [1.165, 1.54) is 16.9 Å². The van der Waals surface area contributed by atoms with E-state index in [1.54, 1.807) is 23.9 Å². The SMILES string of the molecule is CC(NC(=O)c1cc2c(s1)CCC2)c1ccc(-n2ccnc2)cc1. The Bertz CT molecular complexity index is 828.